The Morgan fingerprint density at radius 3 is 2.70 bits per heavy atom. The molecule has 2 N–H and O–H groups in total. The van der Waals surface area contributed by atoms with Crippen LogP contribution >= 0.6 is 11.8 Å². The molecule has 1 saturated carbocycles. The van der Waals surface area contributed by atoms with Gasteiger partial charge in [0.25, 0.3) is 0 Å². The fourth-order valence-electron chi connectivity index (χ4n) is 4.17. The van der Waals surface area contributed by atoms with Gasteiger partial charge in [-0.15, -0.1) is 10.2 Å². The summed E-state index contributed by atoms with van der Waals surface area (Å²) in [6.45, 7) is 4.33. The minimum Gasteiger partial charge on any atom is -0.378 e. The first-order valence-electron chi connectivity index (χ1n) is 11.5. The minimum absolute atomic E-state index is 0.0391. The normalized spacial score (nSPS) is 15.9. The van der Waals surface area contributed by atoms with Crippen molar-refractivity contribution in [2.45, 2.75) is 88.8 Å². The Bertz CT molecular complexity index is 912. The van der Waals surface area contributed by atoms with E-state index in [0.717, 1.165) is 50.7 Å². The lowest BCUT2D eigenvalue weighted by Crippen LogP contribution is -2.33. The fraction of sp³-hybridized carbons (Fsp3) is 0.609. The topological polar surface area (TPSA) is 71.8 Å². The fourth-order valence-corrected chi connectivity index (χ4v) is 5.01. The summed E-state index contributed by atoms with van der Waals surface area (Å²) in [6, 6.07) is 5.50. The maximum absolute atomic E-state index is 13.0. The lowest BCUT2D eigenvalue weighted by Gasteiger charge is -2.25. The van der Waals surface area contributed by atoms with Gasteiger partial charge < -0.3 is 15.2 Å². The number of hydrogen-bond donors (Lipinski definition) is 2. The van der Waals surface area contributed by atoms with Gasteiger partial charge in [-0.3, -0.25) is 4.79 Å². The molecule has 1 amide bonds. The van der Waals surface area contributed by atoms with Gasteiger partial charge in [-0.1, -0.05) is 50.4 Å². The molecule has 1 atom stereocenters. The van der Waals surface area contributed by atoms with E-state index in [-0.39, 0.29) is 30.3 Å². The summed E-state index contributed by atoms with van der Waals surface area (Å²) in [6.07, 6.45) is 2.97. The van der Waals surface area contributed by atoms with Crippen molar-refractivity contribution in [1.82, 2.24) is 20.1 Å². The molecule has 1 aliphatic carbocycles. The van der Waals surface area contributed by atoms with Crippen molar-refractivity contribution < 1.29 is 18.0 Å². The summed E-state index contributed by atoms with van der Waals surface area (Å²) in [4.78, 5) is 12.3. The van der Waals surface area contributed by atoms with E-state index in [1.807, 2.05) is 6.92 Å². The van der Waals surface area contributed by atoms with E-state index in [2.05, 4.69) is 32.3 Å². The van der Waals surface area contributed by atoms with E-state index in [9.17, 15) is 18.0 Å². The summed E-state index contributed by atoms with van der Waals surface area (Å²) >= 11 is 1.36. The minimum atomic E-state index is -4.39. The smallest absolute Gasteiger partial charge is 0.378 e. The number of halogens is 3. The SMILES string of the molecule is CCCC(C)NC(=O)CSc1nnc(CNc2cccc(C(F)(F)F)c2)n1C1CCCCC1. The van der Waals surface area contributed by atoms with Crippen LogP contribution in [0.3, 0.4) is 0 Å². The summed E-state index contributed by atoms with van der Waals surface area (Å²) in [7, 11) is 0. The lowest BCUT2D eigenvalue weighted by molar-refractivity contribution is -0.137. The predicted molar refractivity (Wildman–Crippen MR) is 124 cm³/mol. The number of anilines is 1. The number of rotatable bonds is 10. The third-order valence-corrected chi connectivity index (χ3v) is 6.72. The molecule has 1 aliphatic rings. The monoisotopic (exact) mass is 483 g/mol. The molecule has 3 rings (SSSR count). The van der Waals surface area contributed by atoms with E-state index in [1.165, 1.54) is 24.2 Å². The van der Waals surface area contributed by atoms with Crippen LogP contribution in [-0.4, -0.2) is 32.5 Å². The first-order chi connectivity index (χ1) is 15.8. The van der Waals surface area contributed by atoms with E-state index in [1.54, 1.807) is 6.07 Å². The van der Waals surface area contributed by atoms with E-state index in [0.29, 0.717) is 16.7 Å². The van der Waals surface area contributed by atoms with Crippen LogP contribution in [-0.2, 0) is 17.5 Å². The van der Waals surface area contributed by atoms with Gasteiger partial charge in [0.15, 0.2) is 11.0 Å². The highest BCUT2D eigenvalue weighted by atomic mass is 32.2. The van der Waals surface area contributed by atoms with Crippen molar-refractivity contribution in [3.05, 3.63) is 35.7 Å². The van der Waals surface area contributed by atoms with Gasteiger partial charge in [-0.05, 0) is 44.4 Å². The van der Waals surface area contributed by atoms with Gasteiger partial charge in [0, 0.05) is 17.8 Å². The average Bonchev–Trinajstić information content (AvgIpc) is 3.19. The average molecular weight is 484 g/mol. The molecular weight excluding hydrogens is 451 g/mol. The van der Waals surface area contributed by atoms with Crippen LogP contribution in [0.15, 0.2) is 29.4 Å². The third-order valence-electron chi connectivity index (χ3n) is 5.78. The number of hydrogen-bond acceptors (Lipinski definition) is 5. The highest BCUT2D eigenvalue weighted by Crippen LogP contribution is 2.33. The zero-order chi connectivity index (χ0) is 23.8. The quantitative estimate of drug-likeness (QED) is 0.417. The highest BCUT2D eigenvalue weighted by molar-refractivity contribution is 7.99. The molecule has 10 heteroatoms. The van der Waals surface area contributed by atoms with E-state index in [4.69, 9.17) is 0 Å². The number of carbonyl (C=O) groups is 1. The van der Waals surface area contributed by atoms with Crippen LogP contribution in [0.25, 0.3) is 0 Å². The molecule has 0 spiro atoms. The number of amides is 1. The Kier molecular flexibility index (Phi) is 9.05. The molecule has 0 radical (unpaired) electrons. The molecule has 1 fully saturated rings. The maximum Gasteiger partial charge on any atom is 0.416 e. The van der Waals surface area contributed by atoms with E-state index < -0.39 is 11.7 Å². The number of aromatic nitrogens is 3. The van der Waals surface area contributed by atoms with Crippen LogP contribution < -0.4 is 10.6 Å². The number of nitrogens with zero attached hydrogens (tertiary/aromatic N) is 3. The van der Waals surface area contributed by atoms with Crippen molar-refractivity contribution >= 4 is 23.4 Å². The second kappa shape index (κ2) is 11.8. The molecule has 0 aliphatic heterocycles. The van der Waals surface area contributed by atoms with Crippen molar-refractivity contribution in [2.24, 2.45) is 0 Å². The Hall–Kier alpha value is -2.23. The molecule has 182 valence electrons. The molecule has 33 heavy (non-hydrogen) atoms. The molecule has 0 saturated heterocycles. The van der Waals surface area contributed by atoms with Gasteiger partial charge in [0.1, 0.15) is 0 Å². The van der Waals surface area contributed by atoms with Gasteiger partial charge >= 0.3 is 6.18 Å². The van der Waals surface area contributed by atoms with Crippen LogP contribution in [0.4, 0.5) is 18.9 Å². The van der Waals surface area contributed by atoms with Crippen molar-refractivity contribution in [1.29, 1.82) is 0 Å². The van der Waals surface area contributed by atoms with Crippen molar-refractivity contribution in [2.75, 3.05) is 11.1 Å². The summed E-state index contributed by atoms with van der Waals surface area (Å²) in [5.74, 6) is 0.879. The lowest BCUT2D eigenvalue weighted by atomic mass is 9.95. The van der Waals surface area contributed by atoms with Gasteiger partial charge in [0.2, 0.25) is 5.91 Å². The van der Waals surface area contributed by atoms with Crippen molar-refractivity contribution in [3.63, 3.8) is 0 Å². The number of carbonyl (C=O) groups excluding carboxylic acids is 1. The summed E-state index contributed by atoms with van der Waals surface area (Å²) in [5, 5.41) is 15.4. The van der Waals surface area contributed by atoms with E-state index >= 15 is 0 Å². The molecule has 2 aromatic rings. The van der Waals surface area contributed by atoms with Crippen LogP contribution in [0.1, 0.15) is 76.2 Å². The molecule has 6 nitrogen and oxygen atoms in total. The highest BCUT2D eigenvalue weighted by Gasteiger charge is 2.30. The number of alkyl halides is 3. The molecule has 1 unspecified atom stereocenters. The maximum atomic E-state index is 13.0. The summed E-state index contributed by atoms with van der Waals surface area (Å²) in [5.41, 5.74) is -0.317. The first kappa shape index (κ1) is 25.4. The number of benzene rings is 1. The van der Waals surface area contributed by atoms with Gasteiger partial charge in [-0.2, -0.15) is 13.2 Å². The van der Waals surface area contributed by atoms with Crippen LogP contribution in [0, 0.1) is 0 Å². The largest absolute Gasteiger partial charge is 0.416 e. The number of nitrogens with one attached hydrogen (secondary N) is 2. The van der Waals surface area contributed by atoms with Gasteiger partial charge in [-0.25, -0.2) is 0 Å². The Balaban J connectivity index is 1.71. The molecular formula is C23H32F3N5OS. The second-order valence-corrected chi connectivity index (χ2v) is 9.48. The molecule has 1 aromatic heterocycles. The molecule has 1 aromatic carbocycles. The Labute approximate surface area is 197 Å². The first-order valence-corrected chi connectivity index (χ1v) is 12.5. The van der Waals surface area contributed by atoms with Gasteiger partial charge in [0.05, 0.1) is 17.9 Å². The zero-order valence-corrected chi connectivity index (χ0v) is 19.9. The standard InChI is InChI=1S/C23H32F3N5OS/c1-3-8-16(2)28-21(32)15-33-22-30-29-20(31(22)19-11-5-4-6-12-19)14-27-18-10-7-9-17(13-18)23(24,25)26/h7,9-10,13,16,19,27H,3-6,8,11-12,14-15H2,1-2H3,(H,28,32). The third kappa shape index (κ3) is 7.38. The molecule has 0 bridgehead atoms. The zero-order valence-electron chi connectivity index (χ0n) is 19.1. The molecule has 1 heterocycles. The number of thioether (sulfide) groups is 1. The predicted octanol–water partition coefficient (Wildman–Crippen LogP) is 5.81. The van der Waals surface area contributed by atoms with Crippen molar-refractivity contribution in [3.8, 4) is 0 Å². The second-order valence-electron chi connectivity index (χ2n) is 8.54. The van der Waals surface area contributed by atoms with Crippen LogP contribution in [0.2, 0.25) is 0 Å². The summed E-state index contributed by atoms with van der Waals surface area (Å²) < 4.78 is 41.1. The van der Waals surface area contributed by atoms with Crippen LogP contribution in [0.5, 0.6) is 0 Å². The Morgan fingerprint density at radius 2 is 2.00 bits per heavy atom. The Morgan fingerprint density at radius 1 is 1.24 bits per heavy atom.